The molecule has 0 spiro atoms. The van der Waals surface area contributed by atoms with Crippen LogP contribution in [0, 0.1) is 11.3 Å². The molecule has 3 aromatic rings. The van der Waals surface area contributed by atoms with Gasteiger partial charge in [-0.1, -0.05) is 0 Å². The van der Waals surface area contributed by atoms with Crippen molar-refractivity contribution in [2.75, 3.05) is 18.4 Å². The fraction of sp³-hybridized carbons (Fsp3) is 0.481. The van der Waals surface area contributed by atoms with Crippen molar-refractivity contribution in [2.24, 2.45) is 0 Å². The monoisotopic (exact) mass is 536 g/mol. The lowest BCUT2D eigenvalue weighted by molar-refractivity contribution is -0.0106. The summed E-state index contributed by atoms with van der Waals surface area (Å²) in [4.78, 5) is 26.5. The van der Waals surface area contributed by atoms with Crippen LogP contribution < -0.4 is 10.1 Å². The van der Waals surface area contributed by atoms with Crippen molar-refractivity contribution >= 4 is 17.7 Å². The average Bonchev–Trinajstić information content (AvgIpc) is 3.33. The second kappa shape index (κ2) is 10.8. The number of likely N-dealkylation sites (tertiary alicyclic amines) is 1. The van der Waals surface area contributed by atoms with E-state index in [1.807, 2.05) is 31.6 Å². The lowest BCUT2D eigenvalue weighted by Gasteiger charge is -2.35. The van der Waals surface area contributed by atoms with Crippen molar-refractivity contribution in [1.29, 1.82) is 5.26 Å². The first-order valence-electron chi connectivity index (χ1n) is 12.7. The predicted octanol–water partition coefficient (Wildman–Crippen LogP) is 4.83. The number of nitriles is 1. The van der Waals surface area contributed by atoms with Gasteiger partial charge in [0.2, 0.25) is 5.95 Å². The number of hydrogen-bond acceptors (Lipinski definition) is 9. The van der Waals surface area contributed by atoms with Crippen LogP contribution in [-0.2, 0) is 10.3 Å². The predicted molar refractivity (Wildman–Crippen MR) is 142 cm³/mol. The van der Waals surface area contributed by atoms with E-state index in [0.29, 0.717) is 17.3 Å². The van der Waals surface area contributed by atoms with Crippen molar-refractivity contribution < 1.29 is 18.7 Å². The maximum atomic E-state index is 14.9. The van der Waals surface area contributed by atoms with Gasteiger partial charge in [-0.15, -0.1) is 0 Å². The van der Waals surface area contributed by atoms with E-state index in [9.17, 15) is 14.4 Å². The highest BCUT2D eigenvalue weighted by molar-refractivity contribution is 5.68. The zero-order valence-corrected chi connectivity index (χ0v) is 23.0. The SMILES string of the molecule is CC(C)(C)OC(=O)N1CCC(Oc2ccc(-c3ncnc(Nc4cnn(C(C)(C)C)c4)n3)cc2C#N)C(F)C1. The summed E-state index contributed by atoms with van der Waals surface area (Å²) in [6.07, 6.45) is 2.40. The molecule has 2 atom stereocenters. The summed E-state index contributed by atoms with van der Waals surface area (Å²) >= 11 is 0. The molecule has 0 saturated carbocycles. The summed E-state index contributed by atoms with van der Waals surface area (Å²) in [5.41, 5.74) is 0.688. The second-order valence-electron chi connectivity index (χ2n) is 11.3. The quantitative estimate of drug-likeness (QED) is 0.487. The first-order valence-corrected chi connectivity index (χ1v) is 12.7. The van der Waals surface area contributed by atoms with Gasteiger partial charge in [-0.25, -0.2) is 19.2 Å². The number of carbonyl (C=O) groups is 1. The lowest BCUT2D eigenvalue weighted by atomic mass is 10.1. The summed E-state index contributed by atoms with van der Waals surface area (Å²) in [6.45, 7) is 11.6. The fourth-order valence-corrected chi connectivity index (χ4v) is 3.91. The van der Waals surface area contributed by atoms with Gasteiger partial charge < -0.3 is 19.7 Å². The highest BCUT2D eigenvalue weighted by atomic mass is 19.1. The minimum absolute atomic E-state index is 0.144. The number of nitrogens with zero attached hydrogens (tertiary/aromatic N) is 7. The van der Waals surface area contributed by atoms with Gasteiger partial charge in [-0.3, -0.25) is 4.68 Å². The van der Waals surface area contributed by atoms with Gasteiger partial charge in [0.1, 0.15) is 29.9 Å². The van der Waals surface area contributed by atoms with E-state index in [4.69, 9.17) is 9.47 Å². The molecule has 3 heterocycles. The molecule has 206 valence electrons. The Balaban J connectivity index is 1.44. The van der Waals surface area contributed by atoms with E-state index >= 15 is 0 Å². The van der Waals surface area contributed by atoms with E-state index in [1.54, 1.807) is 45.2 Å². The number of rotatable bonds is 5. The van der Waals surface area contributed by atoms with Crippen LogP contribution in [0.5, 0.6) is 5.75 Å². The van der Waals surface area contributed by atoms with Gasteiger partial charge in [-0.05, 0) is 59.7 Å². The Labute approximate surface area is 227 Å². The standard InChI is InChI=1S/C27H33FN8O3/c1-26(2,3)36-14-19(13-32-36)33-24-31-16-30-23(34-24)17-7-8-21(18(11-17)12-29)38-22-9-10-35(15-20(22)28)25(37)39-27(4,5)6/h7-8,11,13-14,16,20,22H,9-10,15H2,1-6H3,(H,30,31,33,34). The Morgan fingerprint density at radius 2 is 1.97 bits per heavy atom. The third-order valence-electron chi connectivity index (χ3n) is 5.87. The molecule has 11 nitrogen and oxygen atoms in total. The van der Waals surface area contributed by atoms with E-state index in [0.717, 1.165) is 5.69 Å². The number of halogens is 1. The largest absolute Gasteiger partial charge is 0.486 e. The van der Waals surface area contributed by atoms with Crippen molar-refractivity contribution in [3.63, 3.8) is 0 Å². The molecule has 0 radical (unpaired) electrons. The van der Waals surface area contributed by atoms with E-state index in [1.165, 1.54) is 11.2 Å². The van der Waals surface area contributed by atoms with Crippen LogP contribution in [0.3, 0.4) is 0 Å². The zero-order chi connectivity index (χ0) is 28.4. The first kappa shape index (κ1) is 27.8. The van der Waals surface area contributed by atoms with E-state index in [2.05, 4.69) is 31.4 Å². The number of alkyl halides is 1. The highest BCUT2D eigenvalue weighted by Gasteiger charge is 2.35. The Hall–Kier alpha value is -4.27. The number of carbonyl (C=O) groups excluding carboxylic acids is 1. The van der Waals surface area contributed by atoms with Gasteiger partial charge in [0.05, 0.1) is 29.5 Å². The summed E-state index contributed by atoms with van der Waals surface area (Å²) < 4.78 is 28.0. The minimum Gasteiger partial charge on any atom is -0.486 e. The Morgan fingerprint density at radius 3 is 2.62 bits per heavy atom. The van der Waals surface area contributed by atoms with Crippen molar-refractivity contribution in [2.45, 2.75) is 71.4 Å². The minimum atomic E-state index is -1.43. The number of nitrogens with one attached hydrogen (secondary N) is 1. The smallest absolute Gasteiger partial charge is 0.410 e. The molecule has 1 N–H and O–H groups in total. The molecule has 0 aliphatic carbocycles. The lowest BCUT2D eigenvalue weighted by Crippen LogP contribution is -2.50. The molecule has 1 aliphatic heterocycles. The number of benzene rings is 1. The summed E-state index contributed by atoms with van der Waals surface area (Å²) in [5.74, 6) is 0.929. The molecule has 12 heteroatoms. The maximum absolute atomic E-state index is 14.9. The Bertz CT molecular complexity index is 1370. The van der Waals surface area contributed by atoms with Crippen LogP contribution >= 0.6 is 0 Å². The molecule has 1 saturated heterocycles. The number of piperidine rings is 1. The number of amides is 1. The topological polar surface area (TPSA) is 131 Å². The second-order valence-corrected chi connectivity index (χ2v) is 11.3. The molecule has 1 amide bonds. The summed E-state index contributed by atoms with van der Waals surface area (Å²) in [5, 5.41) is 17.2. The van der Waals surface area contributed by atoms with Crippen LogP contribution in [0.25, 0.3) is 11.4 Å². The molecule has 2 aromatic heterocycles. The molecule has 1 aromatic carbocycles. The van der Waals surface area contributed by atoms with Gasteiger partial charge in [0.15, 0.2) is 12.0 Å². The van der Waals surface area contributed by atoms with Gasteiger partial charge >= 0.3 is 6.09 Å². The number of hydrogen-bond donors (Lipinski definition) is 1. The molecule has 0 bridgehead atoms. The third-order valence-corrected chi connectivity index (χ3v) is 5.87. The first-order chi connectivity index (χ1) is 18.3. The van der Waals surface area contributed by atoms with Gasteiger partial charge in [-0.2, -0.15) is 15.3 Å². The van der Waals surface area contributed by atoms with Crippen LogP contribution in [0.4, 0.5) is 20.8 Å². The molecule has 1 aliphatic rings. The number of aromatic nitrogens is 5. The Morgan fingerprint density at radius 1 is 1.21 bits per heavy atom. The fourth-order valence-electron chi connectivity index (χ4n) is 3.91. The average molecular weight is 537 g/mol. The van der Waals surface area contributed by atoms with Crippen molar-refractivity contribution in [3.8, 4) is 23.2 Å². The van der Waals surface area contributed by atoms with Crippen LogP contribution in [0.1, 0.15) is 53.5 Å². The van der Waals surface area contributed by atoms with E-state index < -0.39 is 24.0 Å². The Kier molecular flexibility index (Phi) is 7.72. The normalized spacial score (nSPS) is 17.8. The number of ether oxygens (including phenoxy) is 2. The summed E-state index contributed by atoms with van der Waals surface area (Å²) in [7, 11) is 0. The van der Waals surface area contributed by atoms with E-state index in [-0.39, 0.29) is 36.4 Å². The molecule has 4 rings (SSSR count). The maximum Gasteiger partial charge on any atom is 0.410 e. The van der Waals surface area contributed by atoms with Crippen molar-refractivity contribution in [3.05, 3.63) is 42.5 Å². The molecule has 2 unspecified atom stereocenters. The molecular formula is C27H33FN8O3. The van der Waals surface area contributed by atoms with Gasteiger partial charge in [0.25, 0.3) is 0 Å². The highest BCUT2D eigenvalue weighted by Crippen LogP contribution is 2.29. The molecule has 1 fully saturated rings. The molecule has 39 heavy (non-hydrogen) atoms. The zero-order valence-electron chi connectivity index (χ0n) is 23.0. The third kappa shape index (κ3) is 6.98. The van der Waals surface area contributed by atoms with Crippen LogP contribution in [0.2, 0.25) is 0 Å². The van der Waals surface area contributed by atoms with Crippen molar-refractivity contribution in [1.82, 2.24) is 29.6 Å². The number of anilines is 2. The van der Waals surface area contributed by atoms with Gasteiger partial charge in [0, 0.05) is 24.7 Å². The van der Waals surface area contributed by atoms with Crippen LogP contribution in [0.15, 0.2) is 36.9 Å². The summed E-state index contributed by atoms with van der Waals surface area (Å²) in [6, 6.07) is 7.00. The van der Waals surface area contributed by atoms with Crippen LogP contribution in [-0.4, -0.2) is 66.7 Å². The molecular weight excluding hydrogens is 503 g/mol.